The first-order valence-electron chi connectivity index (χ1n) is 7.42. The Balaban J connectivity index is 1.78. The number of rotatable bonds is 3. The van der Waals surface area contributed by atoms with Crippen LogP contribution in [0, 0.1) is 5.92 Å². The van der Waals surface area contributed by atoms with Crippen LogP contribution in [0.5, 0.6) is 0 Å². The van der Waals surface area contributed by atoms with Gasteiger partial charge in [-0.2, -0.15) is 0 Å². The minimum atomic E-state index is -0.745. The predicted octanol–water partition coefficient (Wildman–Crippen LogP) is 0.975. The summed E-state index contributed by atoms with van der Waals surface area (Å²) >= 11 is 0. The molecule has 2 rings (SSSR count). The van der Waals surface area contributed by atoms with Crippen molar-refractivity contribution in [3.8, 4) is 0 Å². The van der Waals surface area contributed by atoms with E-state index < -0.39 is 5.97 Å². The van der Waals surface area contributed by atoms with Crippen molar-refractivity contribution in [1.82, 2.24) is 15.1 Å². The maximum Gasteiger partial charge on any atom is 0.317 e. The third kappa shape index (κ3) is 3.62. The number of carbonyl (C=O) groups is 2. The number of hydrogen-bond donors (Lipinski definition) is 2. The zero-order chi connectivity index (χ0) is 14.7. The Morgan fingerprint density at radius 2 is 1.85 bits per heavy atom. The molecule has 0 radical (unpaired) electrons. The fourth-order valence-electron chi connectivity index (χ4n) is 3.16. The fourth-order valence-corrected chi connectivity index (χ4v) is 3.16. The first kappa shape index (κ1) is 15.1. The molecule has 2 fully saturated rings. The van der Waals surface area contributed by atoms with Gasteiger partial charge in [-0.05, 0) is 52.2 Å². The van der Waals surface area contributed by atoms with Crippen LogP contribution in [0.15, 0.2) is 0 Å². The average molecular weight is 283 g/mol. The van der Waals surface area contributed by atoms with E-state index in [1.54, 1.807) is 4.90 Å². The van der Waals surface area contributed by atoms with E-state index in [1.807, 2.05) is 7.05 Å². The van der Waals surface area contributed by atoms with Crippen molar-refractivity contribution in [3.05, 3.63) is 0 Å². The van der Waals surface area contributed by atoms with Gasteiger partial charge in [-0.15, -0.1) is 0 Å². The number of nitrogens with one attached hydrogen (secondary N) is 1. The summed E-state index contributed by atoms with van der Waals surface area (Å²) in [5.41, 5.74) is 0. The molecule has 6 nitrogen and oxygen atoms in total. The Hall–Kier alpha value is -1.30. The van der Waals surface area contributed by atoms with Crippen LogP contribution in [0.3, 0.4) is 0 Å². The predicted molar refractivity (Wildman–Crippen MR) is 75.6 cm³/mol. The molecule has 2 aliphatic rings. The second-order valence-electron chi connectivity index (χ2n) is 6.14. The van der Waals surface area contributed by atoms with Gasteiger partial charge in [-0.1, -0.05) is 0 Å². The van der Waals surface area contributed by atoms with E-state index in [-0.39, 0.29) is 18.0 Å². The van der Waals surface area contributed by atoms with Gasteiger partial charge in [-0.25, -0.2) is 4.79 Å². The standard InChI is InChI=1S/C14H25N3O3/c1-16-7-5-12(6-8-16)17(2)14(20)15-11-4-3-10(9-11)13(18)19/h10-12H,3-9H2,1-2H3,(H,15,20)(H,18,19). The van der Waals surface area contributed by atoms with E-state index in [0.29, 0.717) is 18.9 Å². The third-order valence-electron chi connectivity index (χ3n) is 4.67. The molecule has 0 aromatic rings. The molecule has 0 spiro atoms. The van der Waals surface area contributed by atoms with Gasteiger partial charge in [-0.3, -0.25) is 4.79 Å². The number of carboxylic acid groups (broad SMARTS) is 1. The summed E-state index contributed by atoms with van der Waals surface area (Å²) in [5.74, 6) is -1.04. The van der Waals surface area contributed by atoms with Crippen molar-refractivity contribution in [2.24, 2.45) is 5.92 Å². The number of likely N-dealkylation sites (tertiary alicyclic amines) is 1. The van der Waals surface area contributed by atoms with Crippen molar-refractivity contribution in [1.29, 1.82) is 0 Å². The quantitative estimate of drug-likeness (QED) is 0.809. The number of piperidine rings is 1. The molecule has 2 atom stereocenters. The molecular formula is C14H25N3O3. The van der Waals surface area contributed by atoms with Gasteiger partial charge >= 0.3 is 12.0 Å². The van der Waals surface area contributed by atoms with Crippen LogP contribution >= 0.6 is 0 Å². The first-order chi connectivity index (χ1) is 9.47. The molecule has 6 heteroatoms. The largest absolute Gasteiger partial charge is 0.481 e. The van der Waals surface area contributed by atoms with Crippen molar-refractivity contribution < 1.29 is 14.7 Å². The van der Waals surface area contributed by atoms with Crippen LogP contribution in [0.25, 0.3) is 0 Å². The number of amides is 2. The first-order valence-corrected chi connectivity index (χ1v) is 7.42. The molecule has 0 aromatic heterocycles. The van der Waals surface area contributed by atoms with Crippen LogP contribution in [0.1, 0.15) is 32.1 Å². The van der Waals surface area contributed by atoms with Crippen LogP contribution in [-0.4, -0.2) is 66.2 Å². The normalized spacial score (nSPS) is 28.3. The Kier molecular flexibility index (Phi) is 4.86. The number of carboxylic acids is 1. The molecule has 1 aliphatic heterocycles. The maximum atomic E-state index is 12.2. The lowest BCUT2D eigenvalue weighted by molar-refractivity contribution is -0.141. The highest BCUT2D eigenvalue weighted by Crippen LogP contribution is 2.26. The molecule has 20 heavy (non-hydrogen) atoms. The van der Waals surface area contributed by atoms with Gasteiger partial charge in [0.15, 0.2) is 0 Å². The highest BCUT2D eigenvalue weighted by atomic mass is 16.4. The molecule has 1 saturated heterocycles. The van der Waals surface area contributed by atoms with Crippen molar-refractivity contribution in [2.45, 2.75) is 44.2 Å². The van der Waals surface area contributed by atoms with Crippen molar-refractivity contribution in [2.75, 3.05) is 27.2 Å². The molecule has 2 amide bonds. The average Bonchev–Trinajstić information content (AvgIpc) is 2.87. The lowest BCUT2D eigenvalue weighted by Crippen LogP contribution is -2.50. The molecular weight excluding hydrogens is 258 g/mol. The van der Waals surface area contributed by atoms with E-state index >= 15 is 0 Å². The zero-order valence-corrected chi connectivity index (χ0v) is 12.3. The Morgan fingerprint density at radius 3 is 2.40 bits per heavy atom. The van der Waals surface area contributed by atoms with Crippen LogP contribution < -0.4 is 5.32 Å². The summed E-state index contributed by atoms with van der Waals surface area (Å²) in [5, 5.41) is 12.0. The van der Waals surface area contributed by atoms with Crippen LogP contribution in [0.2, 0.25) is 0 Å². The number of aliphatic carboxylic acids is 1. The summed E-state index contributed by atoms with van der Waals surface area (Å²) in [7, 11) is 3.94. The fraction of sp³-hybridized carbons (Fsp3) is 0.857. The van der Waals surface area contributed by atoms with Crippen LogP contribution in [0.4, 0.5) is 4.79 Å². The third-order valence-corrected chi connectivity index (χ3v) is 4.67. The Morgan fingerprint density at radius 1 is 1.20 bits per heavy atom. The summed E-state index contributed by atoms with van der Waals surface area (Å²) in [6.07, 6.45) is 4.00. The van der Waals surface area contributed by atoms with Crippen LogP contribution in [-0.2, 0) is 4.79 Å². The molecule has 114 valence electrons. The molecule has 2 N–H and O–H groups in total. The zero-order valence-electron chi connectivity index (χ0n) is 12.3. The summed E-state index contributed by atoms with van der Waals surface area (Å²) in [6, 6.07) is 0.246. The Bertz CT molecular complexity index is 367. The summed E-state index contributed by atoms with van der Waals surface area (Å²) in [6.45, 7) is 2.04. The van der Waals surface area contributed by atoms with Gasteiger partial charge < -0.3 is 20.2 Å². The SMILES string of the molecule is CN1CCC(N(C)C(=O)NC2CCC(C(=O)O)C2)CC1. The summed E-state index contributed by atoms with van der Waals surface area (Å²) in [4.78, 5) is 27.2. The van der Waals surface area contributed by atoms with Gasteiger partial charge in [0.1, 0.15) is 0 Å². The second kappa shape index (κ2) is 6.43. The number of carbonyl (C=O) groups excluding carboxylic acids is 1. The van der Waals surface area contributed by atoms with Gasteiger partial charge in [0.05, 0.1) is 5.92 Å². The lowest BCUT2D eigenvalue weighted by Gasteiger charge is -2.35. The highest BCUT2D eigenvalue weighted by molar-refractivity contribution is 5.75. The van der Waals surface area contributed by atoms with Crippen molar-refractivity contribution >= 4 is 12.0 Å². The van der Waals surface area contributed by atoms with E-state index in [2.05, 4.69) is 17.3 Å². The molecule has 1 aliphatic carbocycles. The molecule has 0 aromatic carbocycles. The number of nitrogens with zero attached hydrogens (tertiary/aromatic N) is 2. The topological polar surface area (TPSA) is 72.9 Å². The monoisotopic (exact) mass is 283 g/mol. The number of urea groups is 1. The van der Waals surface area contributed by atoms with Gasteiger partial charge in [0.25, 0.3) is 0 Å². The van der Waals surface area contributed by atoms with Gasteiger partial charge in [0.2, 0.25) is 0 Å². The smallest absolute Gasteiger partial charge is 0.317 e. The molecule has 1 saturated carbocycles. The van der Waals surface area contributed by atoms with E-state index in [0.717, 1.165) is 32.4 Å². The second-order valence-corrected chi connectivity index (χ2v) is 6.14. The lowest BCUT2D eigenvalue weighted by atomic mass is 10.0. The van der Waals surface area contributed by atoms with E-state index in [1.165, 1.54) is 0 Å². The Labute approximate surface area is 120 Å². The minimum absolute atomic E-state index is 0.0114. The molecule has 1 heterocycles. The van der Waals surface area contributed by atoms with E-state index in [9.17, 15) is 9.59 Å². The number of hydrogen-bond acceptors (Lipinski definition) is 3. The molecule has 2 unspecified atom stereocenters. The maximum absolute atomic E-state index is 12.2. The highest BCUT2D eigenvalue weighted by Gasteiger charge is 2.32. The minimum Gasteiger partial charge on any atom is -0.481 e. The summed E-state index contributed by atoms with van der Waals surface area (Å²) < 4.78 is 0. The van der Waals surface area contributed by atoms with Crippen molar-refractivity contribution in [3.63, 3.8) is 0 Å². The van der Waals surface area contributed by atoms with Gasteiger partial charge in [0, 0.05) is 19.1 Å². The van der Waals surface area contributed by atoms with E-state index in [4.69, 9.17) is 5.11 Å². The molecule has 0 bridgehead atoms.